The van der Waals surface area contributed by atoms with Crippen LogP contribution < -0.4 is 10.9 Å². The van der Waals surface area contributed by atoms with Gasteiger partial charge in [0.1, 0.15) is 18.0 Å². The SMILES string of the molecule is C[C@H](Nc1ccncn1)c1nc2cccc(Cl)c2c(=O)n1-c1ccccc1. The summed E-state index contributed by atoms with van der Waals surface area (Å²) in [5, 5.41) is 4.06. The number of hydrogen-bond acceptors (Lipinski definition) is 5. The van der Waals surface area contributed by atoms with Gasteiger partial charge in [0, 0.05) is 6.20 Å². The molecule has 0 amide bonds. The van der Waals surface area contributed by atoms with E-state index in [9.17, 15) is 4.79 Å². The van der Waals surface area contributed by atoms with Gasteiger partial charge in [0.15, 0.2) is 0 Å². The van der Waals surface area contributed by atoms with Crippen molar-refractivity contribution in [3.05, 3.63) is 88.3 Å². The number of benzene rings is 2. The molecule has 4 rings (SSSR count). The molecule has 27 heavy (non-hydrogen) atoms. The molecule has 2 aromatic heterocycles. The van der Waals surface area contributed by atoms with Gasteiger partial charge in [-0.25, -0.2) is 15.0 Å². The molecule has 0 aliphatic carbocycles. The van der Waals surface area contributed by atoms with E-state index in [1.165, 1.54) is 6.33 Å². The van der Waals surface area contributed by atoms with Crippen molar-refractivity contribution >= 4 is 28.3 Å². The predicted molar refractivity (Wildman–Crippen MR) is 106 cm³/mol. The average molecular weight is 378 g/mol. The largest absolute Gasteiger partial charge is 0.360 e. The van der Waals surface area contributed by atoms with E-state index < -0.39 is 0 Å². The van der Waals surface area contributed by atoms with Crippen LogP contribution in [0.4, 0.5) is 5.82 Å². The molecule has 134 valence electrons. The molecule has 0 radical (unpaired) electrons. The fraction of sp³-hybridized carbons (Fsp3) is 0.100. The minimum Gasteiger partial charge on any atom is -0.360 e. The first-order valence-electron chi connectivity index (χ1n) is 8.44. The standard InChI is InChI=1S/C20H16ClN5O/c1-13(24-17-10-11-22-12-23-17)19-25-16-9-5-8-15(21)18(16)20(27)26(19)14-6-3-2-4-7-14/h2-13H,1H3,(H,22,23,24)/t13-/m0/s1. The van der Waals surface area contributed by atoms with Gasteiger partial charge in [0.2, 0.25) is 0 Å². The zero-order valence-corrected chi connectivity index (χ0v) is 15.3. The highest BCUT2D eigenvalue weighted by Gasteiger charge is 2.19. The number of nitrogens with zero attached hydrogens (tertiary/aromatic N) is 4. The van der Waals surface area contributed by atoms with Crippen LogP contribution in [0.5, 0.6) is 0 Å². The van der Waals surface area contributed by atoms with Crippen molar-refractivity contribution in [3.8, 4) is 5.69 Å². The predicted octanol–water partition coefficient (Wildman–Crippen LogP) is 4.00. The van der Waals surface area contributed by atoms with Gasteiger partial charge >= 0.3 is 0 Å². The number of aromatic nitrogens is 4. The van der Waals surface area contributed by atoms with Crippen LogP contribution in [-0.4, -0.2) is 19.5 Å². The van der Waals surface area contributed by atoms with E-state index in [2.05, 4.69) is 15.3 Å². The monoisotopic (exact) mass is 377 g/mol. The molecule has 0 saturated carbocycles. The second kappa shape index (κ2) is 7.17. The van der Waals surface area contributed by atoms with Crippen LogP contribution in [0, 0.1) is 0 Å². The Labute approximate surface area is 160 Å². The normalized spacial score (nSPS) is 12.1. The molecule has 4 aromatic rings. The highest BCUT2D eigenvalue weighted by atomic mass is 35.5. The lowest BCUT2D eigenvalue weighted by atomic mass is 10.2. The smallest absolute Gasteiger partial charge is 0.267 e. The number of rotatable bonds is 4. The van der Waals surface area contributed by atoms with Crippen molar-refractivity contribution in [2.24, 2.45) is 0 Å². The first-order chi connectivity index (χ1) is 13.1. The van der Waals surface area contributed by atoms with Gasteiger partial charge in [-0.15, -0.1) is 0 Å². The second-order valence-corrected chi connectivity index (χ2v) is 6.45. The van der Waals surface area contributed by atoms with E-state index in [-0.39, 0.29) is 11.6 Å². The summed E-state index contributed by atoms with van der Waals surface area (Å²) in [4.78, 5) is 26.2. The Morgan fingerprint density at radius 2 is 1.89 bits per heavy atom. The first-order valence-corrected chi connectivity index (χ1v) is 8.82. The number of fused-ring (bicyclic) bond motifs is 1. The van der Waals surface area contributed by atoms with Crippen LogP contribution in [-0.2, 0) is 0 Å². The molecular weight excluding hydrogens is 362 g/mol. The fourth-order valence-corrected chi connectivity index (χ4v) is 3.24. The summed E-state index contributed by atoms with van der Waals surface area (Å²) in [6.07, 6.45) is 3.12. The average Bonchev–Trinajstić information content (AvgIpc) is 2.69. The first kappa shape index (κ1) is 17.2. The maximum atomic E-state index is 13.3. The number of anilines is 1. The molecule has 1 atom stereocenters. The molecule has 0 unspecified atom stereocenters. The lowest BCUT2D eigenvalue weighted by Gasteiger charge is -2.20. The Balaban J connectivity index is 1.94. The summed E-state index contributed by atoms with van der Waals surface area (Å²) in [6, 6.07) is 16.2. The molecule has 0 fully saturated rings. The highest BCUT2D eigenvalue weighted by Crippen LogP contribution is 2.24. The minimum absolute atomic E-state index is 0.205. The maximum Gasteiger partial charge on any atom is 0.267 e. The molecule has 6 nitrogen and oxygen atoms in total. The third-order valence-electron chi connectivity index (χ3n) is 4.22. The van der Waals surface area contributed by atoms with E-state index in [1.807, 2.05) is 37.3 Å². The van der Waals surface area contributed by atoms with Crippen molar-refractivity contribution in [1.82, 2.24) is 19.5 Å². The Morgan fingerprint density at radius 3 is 2.63 bits per heavy atom. The fourth-order valence-electron chi connectivity index (χ4n) is 2.99. The van der Waals surface area contributed by atoms with Gasteiger partial charge in [0.05, 0.1) is 27.7 Å². The van der Waals surface area contributed by atoms with E-state index in [0.717, 1.165) is 5.69 Å². The van der Waals surface area contributed by atoms with Crippen molar-refractivity contribution in [3.63, 3.8) is 0 Å². The lowest BCUT2D eigenvalue weighted by molar-refractivity contribution is 0.731. The number of para-hydroxylation sites is 1. The molecule has 0 aliphatic heterocycles. The van der Waals surface area contributed by atoms with Gasteiger partial charge in [-0.05, 0) is 37.3 Å². The molecule has 7 heteroatoms. The van der Waals surface area contributed by atoms with Gasteiger partial charge in [-0.3, -0.25) is 9.36 Å². The molecule has 2 aromatic carbocycles. The van der Waals surface area contributed by atoms with Crippen LogP contribution in [0.15, 0.2) is 71.9 Å². The maximum absolute atomic E-state index is 13.3. The van der Waals surface area contributed by atoms with Gasteiger partial charge in [0.25, 0.3) is 5.56 Å². The van der Waals surface area contributed by atoms with E-state index in [0.29, 0.717) is 27.6 Å². The number of halogens is 1. The van der Waals surface area contributed by atoms with Gasteiger partial charge in [-0.1, -0.05) is 35.9 Å². The summed E-state index contributed by atoms with van der Waals surface area (Å²) in [5.41, 5.74) is 1.08. The Bertz CT molecular complexity index is 1150. The summed E-state index contributed by atoms with van der Waals surface area (Å²) >= 11 is 6.30. The number of hydrogen-bond donors (Lipinski definition) is 1. The minimum atomic E-state index is -0.281. The van der Waals surface area contributed by atoms with Crippen molar-refractivity contribution in [1.29, 1.82) is 0 Å². The topological polar surface area (TPSA) is 72.7 Å². The van der Waals surface area contributed by atoms with E-state index >= 15 is 0 Å². The molecular formula is C20H16ClN5O. The van der Waals surface area contributed by atoms with Gasteiger partial charge in [-0.2, -0.15) is 0 Å². The van der Waals surface area contributed by atoms with Crippen molar-refractivity contribution in [2.75, 3.05) is 5.32 Å². The van der Waals surface area contributed by atoms with E-state index in [1.54, 1.807) is 35.0 Å². The Kier molecular flexibility index (Phi) is 4.56. The zero-order chi connectivity index (χ0) is 18.8. The van der Waals surface area contributed by atoms with Crippen molar-refractivity contribution in [2.45, 2.75) is 13.0 Å². The lowest BCUT2D eigenvalue weighted by Crippen LogP contribution is -2.27. The van der Waals surface area contributed by atoms with Crippen LogP contribution in [0.3, 0.4) is 0 Å². The second-order valence-electron chi connectivity index (χ2n) is 6.04. The Morgan fingerprint density at radius 1 is 1.07 bits per heavy atom. The van der Waals surface area contributed by atoms with E-state index in [4.69, 9.17) is 16.6 Å². The highest BCUT2D eigenvalue weighted by molar-refractivity contribution is 6.35. The molecule has 0 aliphatic rings. The quantitative estimate of drug-likeness (QED) is 0.582. The molecule has 2 heterocycles. The molecule has 1 N–H and O–H groups in total. The molecule has 0 saturated heterocycles. The Hall–Kier alpha value is -3.25. The number of nitrogens with one attached hydrogen (secondary N) is 1. The third kappa shape index (κ3) is 3.27. The molecule has 0 spiro atoms. The van der Waals surface area contributed by atoms with Crippen molar-refractivity contribution < 1.29 is 0 Å². The van der Waals surface area contributed by atoms with Crippen LogP contribution in [0.25, 0.3) is 16.6 Å². The summed E-state index contributed by atoms with van der Waals surface area (Å²) < 4.78 is 1.59. The third-order valence-corrected chi connectivity index (χ3v) is 4.54. The van der Waals surface area contributed by atoms with Gasteiger partial charge < -0.3 is 5.32 Å². The summed E-state index contributed by atoms with van der Waals surface area (Å²) in [7, 11) is 0. The summed E-state index contributed by atoms with van der Waals surface area (Å²) in [6.45, 7) is 1.93. The zero-order valence-electron chi connectivity index (χ0n) is 14.5. The van der Waals surface area contributed by atoms with Crippen LogP contribution in [0.2, 0.25) is 5.02 Å². The van der Waals surface area contributed by atoms with Crippen LogP contribution in [0.1, 0.15) is 18.8 Å². The summed E-state index contributed by atoms with van der Waals surface area (Å²) in [5.74, 6) is 1.22. The van der Waals surface area contributed by atoms with Crippen LogP contribution >= 0.6 is 11.6 Å². The molecule has 0 bridgehead atoms.